The van der Waals surface area contributed by atoms with Gasteiger partial charge in [-0.25, -0.2) is 4.57 Å². The number of hydrogen-bond donors (Lipinski definition) is 3. The molecule has 0 aliphatic heterocycles. The van der Waals surface area contributed by atoms with E-state index in [2.05, 4.69) is 42.7 Å². The van der Waals surface area contributed by atoms with Gasteiger partial charge in [0.1, 0.15) is 12.6 Å². The number of aliphatic carboxylic acids is 1. The van der Waals surface area contributed by atoms with Gasteiger partial charge in [-0.15, -0.1) is 0 Å². The Morgan fingerprint density at radius 3 is 1.37 bits per heavy atom. The van der Waals surface area contributed by atoms with Gasteiger partial charge in [-0.05, 0) is 64.2 Å². The molecule has 0 fully saturated rings. The van der Waals surface area contributed by atoms with Crippen molar-refractivity contribution in [1.29, 1.82) is 0 Å². The fourth-order valence-electron chi connectivity index (χ4n) is 5.76. The third kappa shape index (κ3) is 36.9. The van der Waals surface area contributed by atoms with E-state index >= 15 is 0 Å². The summed E-state index contributed by atoms with van der Waals surface area (Å²) in [7, 11) is -4.71. The maximum atomic E-state index is 12.6. The van der Waals surface area contributed by atoms with Gasteiger partial charge in [0, 0.05) is 12.8 Å². The highest BCUT2D eigenvalue weighted by atomic mass is 31.2. The molecule has 3 unspecified atom stereocenters. The van der Waals surface area contributed by atoms with Crippen molar-refractivity contribution >= 4 is 25.7 Å². The lowest BCUT2D eigenvalue weighted by Gasteiger charge is -2.20. The Morgan fingerprint density at radius 2 is 0.926 bits per heavy atom. The lowest BCUT2D eigenvalue weighted by molar-refractivity contribution is -0.161. The summed E-state index contributed by atoms with van der Waals surface area (Å²) >= 11 is 0. The molecule has 0 amide bonds. The third-order valence-corrected chi connectivity index (χ3v) is 10.1. The first-order valence-electron chi connectivity index (χ1n) is 21.4. The number of hydrogen-bond acceptors (Lipinski definition) is 9. The maximum Gasteiger partial charge on any atom is 0.472 e. The van der Waals surface area contributed by atoms with Crippen LogP contribution in [-0.4, -0.2) is 59.9 Å². The molecule has 0 aromatic carbocycles. The second kappa shape index (κ2) is 37.9. The lowest BCUT2D eigenvalue weighted by atomic mass is 10.1. The monoisotopic (exact) mass is 788 g/mol. The van der Waals surface area contributed by atoms with Crippen LogP contribution in [0.25, 0.3) is 0 Å². The quantitative estimate of drug-likeness (QED) is 0.0233. The first-order chi connectivity index (χ1) is 26.1. The molecular formula is C42H78NO10P. The molecular weight excluding hydrogens is 709 g/mol. The molecule has 0 radical (unpaired) electrons. The Kier molecular flexibility index (Phi) is 36.4. The van der Waals surface area contributed by atoms with Crippen LogP contribution >= 0.6 is 7.82 Å². The summed E-state index contributed by atoms with van der Waals surface area (Å²) in [6, 6.07) is -1.52. The fraction of sp³-hybridized carbons (Fsp3) is 0.833. The van der Waals surface area contributed by atoms with Crippen LogP contribution in [0.2, 0.25) is 0 Å². The molecule has 0 rings (SSSR count). The molecule has 0 spiro atoms. The van der Waals surface area contributed by atoms with Crippen LogP contribution in [0.15, 0.2) is 24.3 Å². The molecule has 0 saturated heterocycles. The van der Waals surface area contributed by atoms with E-state index in [0.717, 1.165) is 70.6 Å². The Balaban J connectivity index is 4.38. The van der Waals surface area contributed by atoms with Gasteiger partial charge in [0.25, 0.3) is 0 Å². The minimum Gasteiger partial charge on any atom is -0.480 e. The molecule has 0 aromatic rings. The number of esters is 2. The summed E-state index contributed by atoms with van der Waals surface area (Å²) in [6.07, 6.45) is 38.1. The highest BCUT2D eigenvalue weighted by molar-refractivity contribution is 7.47. The molecule has 3 atom stereocenters. The minimum absolute atomic E-state index is 0.156. The number of phosphoric acid groups is 1. The van der Waals surface area contributed by atoms with E-state index in [4.69, 9.17) is 24.8 Å². The number of allylic oxidation sites excluding steroid dienone is 4. The summed E-state index contributed by atoms with van der Waals surface area (Å²) in [5.41, 5.74) is 5.33. The Morgan fingerprint density at radius 1 is 0.556 bits per heavy atom. The van der Waals surface area contributed by atoms with E-state index in [1.165, 1.54) is 83.5 Å². The van der Waals surface area contributed by atoms with Crippen molar-refractivity contribution in [2.75, 3.05) is 19.8 Å². The molecule has 54 heavy (non-hydrogen) atoms. The number of rotatable bonds is 40. The van der Waals surface area contributed by atoms with Gasteiger partial charge in [-0.3, -0.25) is 23.4 Å². The van der Waals surface area contributed by atoms with Crippen molar-refractivity contribution in [3.05, 3.63) is 24.3 Å². The highest BCUT2D eigenvalue weighted by Crippen LogP contribution is 2.43. The molecule has 0 aliphatic carbocycles. The molecule has 0 bridgehead atoms. The maximum absolute atomic E-state index is 12.6. The molecule has 12 heteroatoms. The molecule has 0 saturated carbocycles. The zero-order valence-electron chi connectivity index (χ0n) is 34.1. The van der Waals surface area contributed by atoms with E-state index in [9.17, 15) is 23.8 Å². The average molecular weight is 788 g/mol. The normalized spacial score (nSPS) is 14.0. The topological polar surface area (TPSA) is 172 Å². The SMILES string of the molecule is CCCCCC/C=C\CCCCCCCC(=O)OCC(COP(=O)(O)OCC(N)C(=O)O)OC(=O)CCCCCCCCC/C=C\CCCCCCCC. The molecule has 316 valence electrons. The van der Waals surface area contributed by atoms with Gasteiger partial charge in [0.15, 0.2) is 6.10 Å². The first kappa shape index (κ1) is 52.0. The Bertz CT molecular complexity index is 1020. The van der Waals surface area contributed by atoms with Gasteiger partial charge < -0.3 is 25.2 Å². The van der Waals surface area contributed by atoms with Crippen molar-refractivity contribution in [3.63, 3.8) is 0 Å². The van der Waals surface area contributed by atoms with Crippen LogP contribution in [-0.2, 0) is 37.5 Å². The van der Waals surface area contributed by atoms with Gasteiger partial charge in [0.05, 0.1) is 13.2 Å². The van der Waals surface area contributed by atoms with Crippen LogP contribution in [0.5, 0.6) is 0 Å². The third-order valence-electron chi connectivity index (χ3n) is 9.17. The zero-order valence-corrected chi connectivity index (χ0v) is 35.0. The van der Waals surface area contributed by atoms with Gasteiger partial charge >= 0.3 is 25.7 Å². The summed E-state index contributed by atoms with van der Waals surface area (Å²) in [5.74, 6) is -2.39. The van der Waals surface area contributed by atoms with E-state index in [-0.39, 0.29) is 19.4 Å². The van der Waals surface area contributed by atoms with Crippen molar-refractivity contribution < 1.29 is 47.5 Å². The summed E-state index contributed by atoms with van der Waals surface area (Å²) in [6.45, 7) is 2.77. The van der Waals surface area contributed by atoms with Gasteiger partial charge in [-0.2, -0.15) is 0 Å². The van der Waals surface area contributed by atoms with E-state index in [0.29, 0.717) is 12.8 Å². The van der Waals surface area contributed by atoms with Gasteiger partial charge in [-0.1, -0.05) is 141 Å². The lowest BCUT2D eigenvalue weighted by Crippen LogP contribution is -2.34. The summed E-state index contributed by atoms with van der Waals surface area (Å²) < 4.78 is 32.6. The van der Waals surface area contributed by atoms with Crippen LogP contribution in [0.1, 0.15) is 194 Å². The average Bonchev–Trinajstić information content (AvgIpc) is 3.14. The smallest absolute Gasteiger partial charge is 0.472 e. The van der Waals surface area contributed by atoms with Crippen LogP contribution in [0.3, 0.4) is 0 Å². The standard InChI is InChI=1S/C42H78NO10P/c1-3-5-7-9-11-13-15-17-18-19-20-22-24-26-28-30-32-34-41(45)53-38(36-51-54(48,49)52-37-39(43)42(46)47)35-50-40(44)33-31-29-27-25-23-21-16-14-12-10-8-6-4-2/h14,16-18,38-39H,3-13,15,19-37,43H2,1-2H3,(H,46,47)(H,48,49)/b16-14-,18-17-. The largest absolute Gasteiger partial charge is 0.480 e. The number of phosphoric ester groups is 1. The van der Waals surface area contributed by atoms with Crippen molar-refractivity contribution in [3.8, 4) is 0 Å². The predicted molar refractivity (Wildman–Crippen MR) is 217 cm³/mol. The van der Waals surface area contributed by atoms with E-state index in [1.807, 2.05) is 0 Å². The number of ether oxygens (including phenoxy) is 2. The van der Waals surface area contributed by atoms with Gasteiger partial charge in [0.2, 0.25) is 0 Å². The summed E-state index contributed by atoms with van der Waals surface area (Å²) in [4.78, 5) is 45.9. The van der Waals surface area contributed by atoms with Crippen LogP contribution in [0.4, 0.5) is 0 Å². The number of carbonyl (C=O) groups excluding carboxylic acids is 2. The highest BCUT2D eigenvalue weighted by Gasteiger charge is 2.28. The number of nitrogens with two attached hydrogens (primary N) is 1. The molecule has 4 N–H and O–H groups in total. The Hall–Kier alpha value is -2.04. The summed E-state index contributed by atoms with van der Waals surface area (Å²) in [5, 5.41) is 8.88. The number of carboxylic acid groups (broad SMARTS) is 1. The van der Waals surface area contributed by atoms with Crippen molar-refractivity contribution in [2.24, 2.45) is 5.73 Å². The second-order valence-electron chi connectivity index (χ2n) is 14.5. The second-order valence-corrected chi connectivity index (χ2v) is 15.9. The number of carboxylic acids is 1. The molecule has 0 aromatic heterocycles. The van der Waals surface area contributed by atoms with E-state index < -0.39 is 51.1 Å². The van der Waals surface area contributed by atoms with Crippen LogP contribution < -0.4 is 5.73 Å². The van der Waals surface area contributed by atoms with Crippen molar-refractivity contribution in [2.45, 2.75) is 206 Å². The molecule has 11 nitrogen and oxygen atoms in total. The van der Waals surface area contributed by atoms with E-state index in [1.54, 1.807) is 0 Å². The van der Waals surface area contributed by atoms with Crippen LogP contribution in [0, 0.1) is 0 Å². The number of unbranched alkanes of at least 4 members (excludes halogenated alkanes) is 22. The number of carbonyl (C=O) groups is 3. The predicted octanol–water partition coefficient (Wildman–Crippen LogP) is 11.1. The zero-order chi connectivity index (χ0) is 40.0. The molecule has 0 aliphatic rings. The first-order valence-corrected chi connectivity index (χ1v) is 22.9. The minimum atomic E-state index is -4.71. The molecule has 0 heterocycles. The van der Waals surface area contributed by atoms with Crippen molar-refractivity contribution in [1.82, 2.24) is 0 Å². The fourth-order valence-corrected chi connectivity index (χ4v) is 6.54. The Labute approximate surface area is 328 Å².